The van der Waals surface area contributed by atoms with Crippen LogP contribution in [0.1, 0.15) is 12.5 Å². The Labute approximate surface area is 216 Å². The zero-order valence-electron chi connectivity index (χ0n) is 20.9. The van der Waals surface area contributed by atoms with Crippen molar-refractivity contribution >= 4 is 22.7 Å². The number of benzene rings is 2. The highest BCUT2D eigenvalue weighted by Gasteiger charge is 2.00. The number of aryl methyl sites for hydroxylation is 1. The molecule has 0 N–H and O–H groups in total. The van der Waals surface area contributed by atoms with Crippen LogP contribution in [0.25, 0.3) is 0 Å². The van der Waals surface area contributed by atoms with Crippen LogP contribution in [0.2, 0.25) is 0 Å². The summed E-state index contributed by atoms with van der Waals surface area (Å²) in [5.41, 5.74) is 2.67. The monoisotopic (exact) mass is 514 g/mol. The first-order valence-corrected chi connectivity index (χ1v) is 12.9. The molecule has 194 valence electrons. The van der Waals surface area contributed by atoms with E-state index < -0.39 is 0 Å². The van der Waals surface area contributed by atoms with Crippen LogP contribution >= 0.6 is 11.3 Å². The summed E-state index contributed by atoms with van der Waals surface area (Å²) in [6.45, 7) is 8.73. The van der Waals surface area contributed by atoms with Gasteiger partial charge < -0.3 is 28.4 Å². The molecule has 0 spiro atoms. The number of thiophene rings is 1. The summed E-state index contributed by atoms with van der Waals surface area (Å²) in [7, 11) is 0. The van der Waals surface area contributed by atoms with Gasteiger partial charge in [-0.05, 0) is 67.8 Å². The minimum absolute atomic E-state index is 0.458. The molecule has 0 radical (unpaired) electrons. The van der Waals surface area contributed by atoms with E-state index in [9.17, 15) is 0 Å². The molecule has 0 unspecified atom stereocenters. The zero-order valence-corrected chi connectivity index (χ0v) is 21.7. The first-order valence-electron chi connectivity index (χ1n) is 12.0. The fourth-order valence-corrected chi connectivity index (χ4v) is 3.73. The molecule has 3 rings (SSSR count). The highest BCUT2D eigenvalue weighted by molar-refractivity contribution is 7.08. The summed E-state index contributed by atoms with van der Waals surface area (Å²) in [5.74, 6) is 2.51. The summed E-state index contributed by atoms with van der Waals surface area (Å²) in [5, 5.41) is 12.6. The van der Waals surface area contributed by atoms with Gasteiger partial charge in [-0.3, -0.25) is 0 Å². The van der Waals surface area contributed by atoms with Crippen LogP contribution in [-0.4, -0.2) is 59.5 Å². The van der Waals surface area contributed by atoms with Gasteiger partial charge in [-0.25, -0.2) is 0 Å². The fourth-order valence-electron chi connectivity index (χ4n) is 2.97. The van der Waals surface area contributed by atoms with Gasteiger partial charge >= 0.3 is 0 Å². The van der Waals surface area contributed by atoms with Gasteiger partial charge in [0.05, 0.1) is 57.6 Å². The molecular formula is C27H34N2O6S. The topological polar surface area (TPSA) is 80.1 Å². The van der Waals surface area contributed by atoms with E-state index in [4.69, 9.17) is 28.4 Å². The van der Waals surface area contributed by atoms with Crippen LogP contribution in [0.3, 0.4) is 0 Å². The number of ether oxygens (including phenoxy) is 6. The number of azo groups is 1. The molecule has 0 aliphatic rings. The van der Waals surface area contributed by atoms with Gasteiger partial charge in [0, 0.05) is 10.9 Å². The lowest BCUT2D eigenvalue weighted by atomic mass is 10.3. The van der Waals surface area contributed by atoms with Crippen molar-refractivity contribution in [1.82, 2.24) is 0 Å². The van der Waals surface area contributed by atoms with E-state index in [-0.39, 0.29) is 0 Å². The Morgan fingerprint density at radius 1 is 0.583 bits per heavy atom. The predicted octanol–water partition coefficient (Wildman–Crippen LogP) is 6.38. The van der Waals surface area contributed by atoms with Crippen LogP contribution < -0.4 is 14.2 Å². The predicted molar refractivity (Wildman–Crippen MR) is 141 cm³/mol. The maximum Gasteiger partial charge on any atom is 0.132 e. The Bertz CT molecular complexity index is 1010. The minimum Gasteiger partial charge on any atom is -0.494 e. The van der Waals surface area contributed by atoms with Crippen molar-refractivity contribution in [3.05, 3.63) is 64.9 Å². The molecule has 0 saturated heterocycles. The lowest BCUT2D eigenvalue weighted by Crippen LogP contribution is -2.14. The van der Waals surface area contributed by atoms with E-state index in [1.54, 1.807) is 11.3 Å². The van der Waals surface area contributed by atoms with Crippen molar-refractivity contribution in [2.24, 2.45) is 10.2 Å². The zero-order chi connectivity index (χ0) is 25.3. The van der Waals surface area contributed by atoms with Gasteiger partial charge in [0.2, 0.25) is 0 Å². The van der Waals surface area contributed by atoms with Crippen LogP contribution in [-0.2, 0) is 14.2 Å². The van der Waals surface area contributed by atoms with Gasteiger partial charge in [0.1, 0.15) is 30.5 Å². The quantitative estimate of drug-likeness (QED) is 0.145. The summed E-state index contributed by atoms with van der Waals surface area (Å²) < 4.78 is 33.3. The van der Waals surface area contributed by atoms with E-state index in [1.807, 2.05) is 67.8 Å². The first-order chi connectivity index (χ1) is 17.7. The average Bonchev–Trinajstić information content (AvgIpc) is 3.31. The number of hydrogen-bond donors (Lipinski definition) is 0. The van der Waals surface area contributed by atoms with Crippen LogP contribution in [0, 0.1) is 6.92 Å². The van der Waals surface area contributed by atoms with Crippen molar-refractivity contribution in [2.45, 2.75) is 13.8 Å². The highest BCUT2D eigenvalue weighted by atomic mass is 32.1. The van der Waals surface area contributed by atoms with Gasteiger partial charge in [0.15, 0.2) is 0 Å². The van der Waals surface area contributed by atoms with Crippen LogP contribution in [0.4, 0.5) is 11.4 Å². The second-order valence-corrected chi connectivity index (χ2v) is 8.32. The molecule has 0 atom stereocenters. The molecule has 36 heavy (non-hydrogen) atoms. The maximum absolute atomic E-state index is 5.69. The van der Waals surface area contributed by atoms with Crippen molar-refractivity contribution < 1.29 is 28.4 Å². The van der Waals surface area contributed by atoms with Gasteiger partial charge in [-0.2, -0.15) is 10.2 Å². The summed E-state index contributed by atoms with van der Waals surface area (Å²) in [4.78, 5) is 0. The molecule has 0 aliphatic carbocycles. The fraction of sp³-hybridized carbons (Fsp3) is 0.407. The molecule has 9 heteroatoms. The molecule has 0 amide bonds. The van der Waals surface area contributed by atoms with E-state index in [2.05, 4.69) is 15.6 Å². The van der Waals surface area contributed by atoms with Crippen molar-refractivity contribution in [3.8, 4) is 17.2 Å². The molecule has 2 aromatic carbocycles. The summed E-state index contributed by atoms with van der Waals surface area (Å²) >= 11 is 1.64. The van der Waals surface area contributed by atoms with E-state index in [0.29, 0.717) is 59.5 Å². The van der Waals surface area contributed by atoms with Gasteiger partial charge in [0.25, 0.3) is 0 Å². The van der Waals surface area contributed by atoms with Gasteiger partial charge in [-0.15, -0.1) is 11.3 Å². The SMILES string of the molecule is CCOc1ccc(N=Nc2ccc(OCCOCCOCCOCCOc3cscc3C)cc2)cc1. The summed E-state index contributed by atoms with van der Waals surface area (Å²) in [6, 6.07) is 14.9. The number of rotatable bonds is 18. The van der Waals surface area contributed by atoms with Crippen molar-refractivity contribution in [2.75, 3.05) is 59.5 Å². The highest BCUT2D eigenvalue weighted by Crippen LogP contribution is 2.23. The van der Waals surface area contributed by atoms with E-state index in [1.165, 1.54) is 0 Å². The summed E-state index contributed by atoms with van der Waals surface area (Å²) in [6.07, 6.45) is 0. The Morgan fingerprint density at radius 3 is 1.53 bits per heavy atom. The standard InChI is InChI=1S/C27H34N2O6S/c1-3-33-25-8-4-23(5-9-25)28-29-24-6-10-26(11-7-24)34-18-16-31-14-12-30-13-15-32-17-19-35-27-21-36-20-22(27)2/h4-11,20-21H,3,12-19H2,1-2H3. The second kappa shape index (κ2) is 16.6. The normalized spacial score (nSPS) is 11.2. The van der Waals surface area contributed by atoms with Crippen molar-refractivity contribution in [1.29, 1.82) is 0 Å². The van der Waals surface area contributed by atoms with Crippen molar-refractivity contribution in [3.63, 3.8) is 0 Å². The Balaban J connectivity index is 1.15. The maximum atomic E-state index is 5.69. The molecule has 0 bridgehead atoms. The first kappa shape index (κ1) is 27.6. The molecule has 8 nitrogen and oxygen atoms in total. The molecule has 0 saturated carbocycles. The Kier molecular flexibility index (Phi) is 12.8. The Hall–Kier alpha value is -2.98. The average molecular weight is 515 g/mol. The minimum atomic E-state index is 0.458. The third kappa shape index (κ3) is 10.7. The van der Waals surface area contributed by atoms with E-state index in [0.717, 1.165) is 34.2 Å². The molecule has 3 aromatic rings. The Morgan fingerprint density at radius 2 is 1.06 bits per heavy atom. The third-order valence-corrected chi connectivity index (χ3v) is 5.64. The molecular weight excluding hydrogens is 480 g/mol. The van der Waals surface area contributed by atoms with Crippen LogP contribution in [0.5, 0.6) is 17.2 Å². The molecule has 0 aliphatic heterocycles. The number of nitrogens with zero attached hydrogens (tertiary/aromatic N) is 2. The largest absolute Gasteiger partial charge is 0.494 e. The smallest absolute Gasteiger partial charge is 0.132 e. The lowest BCUT2D eigenvalue weighted by Gasteiger charge is -2.09. The van der Waals surface area contributed by atoms with E-state index >= 15 is 0 Å². The molecule has 0 fully saturated rings. The van der Waals surface area contributed by atoms with Crippen LogP contribution in [0.15, 0.2) is 69.5 Å². The third-order valence-electron chi connectivity index (χ3n) is 4.80. The second-order valence-electron chi connectivity index (χ2n) is 7.57. The lowest BCUT2D eigenvalue weighted by molar-refractivity contribution is 0.00498. The molecule has 1 aromatic heterocycles. The van der Waals surface area contributed by atoms with Gasteiger partial charge in [-0.1, -0.05) is 0 Å². The molecule has 1 heterocycles. The number of hydrogen-bond acceptors (Lipinski definition) is 9.